The Balaban J connectivity index is 4.22. The van der Waals surface area contributed by atoms with Crippen LogP contribution in [-0.2, 0) is 4.74 Å². The summed E-state index contributed by atoms with van der Waals surface area (Å²) < 4.78 is 3.74. The molecule has 0 aliphatic carbocycles. The number of aliphatic hydroxyl groups excluding tert-OH is 5. The molecule has 0 radical (unpaired) electrons. The van der Waals surface area contributed by atoms with E-state index in [1.54, 1.807) is 22.6 Å². The maximum Gasteiger partial charge on any atom is 0.183 e. The number of aliphatic hydroxyl groups is 5. The second kappa shape index (κ2) is 6.88. The van der Waals surface area contributed by atoms with Crippen LogP contribution in [0.4, 0.5) is 0 Å². The Labute approximate surface area is 95.3 Å². The molecule has 5 N–H and O–H groups in total. The van der Waals surface area contributed by atoms with Gasteiger partial charge in [-0.15, -0.1) is 0 Å². The molecule has 0 aromatic rings. The van der Waals surface area contributed by atoms with Crippen molar-refractivity contribution in [2.45, 2.75) is 28.5 Å². The molecule has 0 aromatic carbocycles. The minimum absolute atomic E-state index is 0.339. The lowest BCUT2D eigenvalue weighted by molar-refractivity contribution is -0.190. The van der Waals surface area contributed by atoms with Crippen molar-refractivity contribution < 1.29 is 30.3 Å². The molecule has 0 saturated heterocycles. The lowest BCUT2D eigenvalue weighted by Crippen LogP contribution is -2.48. The summed E-state index contributed by atoms with van der Waals surface area (Å²) in [6.45, 7) is -0.339. The van der Waals surface area contributed by atoms with Gasteiger partial charge in [0.2, 0.25) is 0 Å². The van der Waals surface area contributed by atoms with Crippen LogP contribution in [0.5, 0.6) is 0 Å². The highest BCUT2D eigenvalue weighted by Gasteiger charge is 2.33. The molecular formula is C7H15IO6. The van der Waals surface area contributed by atoms with Gasteiger partial charge in [-0.25, -0.2) is 0 Å². The Morgan fingerprint density at radius 1 is 1.07 bits per heavy atom. The third-order valence-electron chi connectivity index (χ3n) is 1.78. The van der Waals surface area contributed by atoms with Gasteiger partial charge in [-0.05, 0) is 0 Å². The molecule has 86 valence electrons. The topological polar surface area (TPSA) is 110 Å². The molecule has 0 bridgehead atoms. The number of methoxy groups -OCH3 is 1. The van der Waals surface area contributed by atoms with Crippen LogP contribution in [0.1, 0.15) is 0 Å². The van der Waals surface area contributed by atoms with Gasteiger partial charge in [-0.3, -0.25) is 0 Å². The van der Waals surface area contributed by atoms with Gasteiger partial charge in [0.25, 0.3) is 0 Å². The first-order valence-electron chi connectivity index (χ1n) is 3.95. The zero-order valence-corrected chi connectivity index (χ0v) is 9.77. The van der Waals surface area contributed by atoms with E-state index in [9.17, 15) is 15.3 Å². The molecule has 14 heavy (non-hydrogen) atoms. The summed E-state index contributed by atoms with van der Waals surface area (Å²) in [5.41, 5.74) is 0. The summed E-state index contributed by atoms with van der Waals surface area (Å²) in [5, 5.41) is 45.6. The maximum absolute atomic E-state index is 9.36. The molecule has 0 aliphatic heterocycles. The predicted molar refractivity (Wildman–Crippen MR) is 55.9 cm³/mol. The third kappa shape index (κ3) is 3.93. The van der Waals surface area contributed by atoms with Crippen LogP contribution in [-0.4, -0.2) is 67.8 Å². The fraction of sp³-hybridized carbons (Fsp3) is 1.00. The van der Waals surface area contributed by atoms with Gasteiger partial charge in [0, 0.05) is 7.11 Å². The summed E-state index contributed by atoms with van der Waals surface area (Å²) in [6.07, 6.45) is -6.08. The van der Waals surface area contributed by atoms with Crippen molar-refractivity contribution in [1.82, 2.24) is 0 Å². The summed E-state index contributed by atoms with van der Waals surface area (Å²) in [5.74, 6) is 0. The van der Waals surface area contributed by atoms with Gasteiger partial charge >= 0.3 is 0 Å². The van der Waals surface area contributed by atoms with Crippen LogP contribution in [0.3, 0.4) is 0 Å². The maximum atomic E-state index is 9.36. The molecule has 0 spiro atoms. The largest absolute Gasteiger partial charge is 0.395 e. The van der Waals surface area contributed by atoms with Crippen molar-refractivity contribution in [3.8, 4) is 0 Å². The van der Waals surface area contributed by atoms with E-state index in [-0.39, 0.29) is 6.61 Å². The molecule has 0 saturated carbocycles. The first kappa shape index (κ1) is 14.5. The SMILES string of the molecule is CO[C@@H](O)C(O)C(O)[C@H](O)C(I)CO. The standard InChI is InChI=1S/C7H15IO6/c1-14-7(13)6(12)5(11)4(10)3(8)2-9/h3-7,9-13H,2H2,1H3/t3?,4-,5?,6?,7-/m1/s1. The normalized spacial score (nSPS) is 22.5. The van der Waals surface area contributed by atoms with Gasteiger partial charge in [-0.1, -0.05) is 22.6 Å². The number of halogens is 1. The zero-order valence-electron chi connectivity index (χ0n) is 7.62. The highest BCUT2D eigenvalue weighted by molar-refractivity contribution is 14.1. The van der Waals surface area contributed by atoms with Crippen molar-refractivity contribution in [2.75, 3.05) is 13.7 Å². The molecule has 0 rings (SSSR count). The van der Waals surface area contributed by atoms with Crippen molar-refractivity contribution in [2.24, 2.45) is 0 Å². The molecule has 6 nitrogen and oxygen atoms in total. The van der Waals surface area contributed by atoms with E-state index < -0.39 is 28.5 Å². The lowest BCUT2D eigenvalue weighted by Gasteiger charge is -2.27. The quantitative estimate of drug-likeness (QED) is 0.216. The molecule has 7 heteroatoms. The minimum Gasteiger partial charge on any atom is -0.395 e. The minimum atomic E-state index is -1.61. The molecule has 3 unspecified atom stereocenters. The molecule has 0 amide bonds. The van der Waals surface area contributed by atoms with Gasteiger partial charge in [0.1, 0.15) is 12.2 Å². The fourth-order valence-corrected chi connectivity index (χ4v) is 1.26. The molecular weight excluding hydrogens is 307 g/mol. The van der Waals surface area contributed by atoms with E-state index in [4.69, 9.17) is 10.2 Å². The van der Waals surface area contributed by atoms with Crippen LogP contribution in [0.2, 0.25) is 0 Å². The number of hydrogen-bond acceptors (Lipinski definition) is 6. The monoisotopic (exact) mass is 322 g/mol. The van der Waals surface area contributed by atoms with Crippen molar-refractivity contribution in [3.05, 3.63) is 0 Å². The van der Waals surface area contributed by atoms with E-state index in [0.29, 0.717) is 0 Å². The zero-order chi connectivity index (χ0) is 11.3. The first-order valence-corrected chi connectivity index (χ1v) is 5.20. The van der Waals surface area contributed by atoms with E-state index in [0.717, 1.165) is 7.11 Å². The lowest BCUT2D eigenvalue weighted by atomic mass is 10.1. The summed E-state index contributed by atoms with van der Waals surface area (Å²) in [6, 6.07) is 0. The summed E-state index contributed by atoms with van der Waals surface area (Å²) >= 11 is 1.72. The highest BCUT2D eigenvalue weighted by atomic mass is 127. The molecule has 0 aliphatic rings. The Hall–Kier alpha value is 0.490. The summed E-state index contributed by atoms with van der Waals surface area (Å²) in [7, 11) is 1.15. The van der Waals surface area contributed by atoms with Gasteiger partial charge in [0.05, 0.1) is 16.6 Å². The Bertz CT molecular complexity index is 141. The van der Waals surface area contributed by atoms with Crippen molar-refractivity contribution in [3.63, 3.8) is 0 Å². The van der Waals surface area contributed by atoms with Crippen LogP contribution in [0.15, 0.2) is 0 Å². The first-order chi connectivity index (χ1) is 6.45. The summed E-state index contributed by atoms with van der Waals surface area (Å²) in [4.78, 5) is 0. The molecule has 0 fully saturated rings. The Morgan fingerprint density at radius 2 is 1.57 bits per heavy atom. The number of rotatable bonds is 6. The number of alkyl halides is 1. The van der Waals surface area contributed by atoms with Crippen LogP contribution in [0.25, 0.3) is 0 Å². The van der Waals surface area contributed by atoms with Crippen LogP contribution in [0, 0.1) is 0 Å². The second-order valence-electron chi connectivity index (χ2n) is 2.80. The molecule has 0 heterocycles. The van der Waals surface area contributed by atoms with Gasteiger partial charge < -0.3 is 30.3 Å². The molecule has 5 atom stereocenters. The van der Waals surface area contributed by atoms with Crippen LogP contribution < -0.4 is 0 Å². The van der Waals surface area contributed by atoms with E-state index in [1.807, 2.05) is 0 Å². The average molecular weight is 322 g/mol. The Kier molecular flexibility index (Phi) is 7.12. The van der Waals surface area contributed by atoms with E-state index >= 15 is 0 Å². The average Bonchev–Trinajstić information content (AvgIpc) is 2.23. The van der Waals surface area contributed by atoms with E-state index in [2.05, 4.69) is 4.74 Å². The third-order valence-corrected chi connectivity index (χ3v) is 2.91. The van der Waals surface area contributed by atoms with Crippen LogP contribution >= 0.6 is 22.6 Å². The van der Waals surface area contributed by atoms with Gasteiger partial charge in [0.15, 0.2) is 6.29 Å². The number of ether oxygens (including phenoxy) is 1. The highest BCUT2D eigenvalue weighted by Crippen LogP contribution is 2.14. The van der Waals surface area contributed by atoms with Crippen molar-refractivity contribution in [1.29, 1.82) is 0 Å². The fourth-order valence-electron chi connectivity index (χ4n) is 0.832. The van der Waals surface area contributed by atoms with Gasteiger partial charge in [-0.2, -0.15) is 0 Å². The number of hydrogen-bond donors (Lipinski definition) is 5. The molecule has 0 aromatic heterocycles. The van der Waals surface area contributed by atoms with Crippen molar-refractivity contribution >= 4 is 22.6 Å². The smallest absolute Gasteiger partial charge is 0.183 e. The Morgan fingerprint density at radius 3 is 1.93 bits per heavy atom. The second-order valence-corrected chi connectivity index (χ2v) is 4.40. The van der Waals surface area contributed by atoms with E-state index in [1.165, 1.54) is 0 Å². The predicted octanol–water partition coefficient (Wildman–Crippen LogP) is -2.17.